The smallest absolute Gasteiger partial charge is 0.272 e. The SMILES string of the molecule is CCOc1ccccc1/C=C(/NC(=O)c1ccccc1)C(=O)Nc1cccc(SC(C)C(=O)Nc2ccc(C(C)C)cc2)c1. The summed E-state index contributed by atoms with van der Waals surface area (Å²) in [6.45, 7) is 8.42. The summed E-state index contributed by atoms with van der Waals surface area (Å²) >= 11 is 1.38. The van der Waals surface area contributed by atoms with Gasteiger partial charge in [-0.05, 0) is 79.9 Å². The Hall–Kier alpha value is -4.82. The van der Waals surface area contributed by atoms with E-state index in [1.807, 2.05) is 80.6 Å². The maximum absolute atomic E-state index is 13.6. The molecule has 1 unspecified atom stereocenters. The lowest BCUT2D eigenvalue weighted by Gasteiger charge is -2.15. The van der Waals surface area contributed by atoms with Crippen LogP contribution in [0.4, 0.5) is 11.4 Å². The Labute approximate surface area is 263 Å². The van der Waals surface area contributed by atoms with E-state index in [4.69, 9.17) is 4.74 Å². The zero-order valence-electron chi connectivity index (χ0n) is 25.3. The van der Waals surface area contributed by atoms with Crippen LogP contribution in [0.25, 0.3) is 6.08 Å². The van der Waals surface area contributed by atoms with Crippen molar-refractivity contribution in [1.82, 2.24) is 5.32 Å². The molecule has 0 aliphatic rings. The molecule has 3 amide bonds. The molecular formula is C36H37N3O4S. The Kier molecular flexibility index (Phi) is 11.4. The highest BCUT2D eigenvalue weighted by Gasteiger charge is 2.18. The summed E-state index contributed by atoms with van der Waals surface area (Å²) in [4.78, 5) is 40.3. The van der Waals surface area contributed by atoms with E-state index < -0.39 is 11.8 Å². The minimum absolute atomic E-state index is 0.0558. The topological polar surface area (TPSA) is 96.5 Å². The van der Waals surface area contributed by atoms with E-state index in [0.717, 1.165) is 10.6 Å². The number of amides is 3. The van der Waals surface area contributed by atoms with Crippen LogP contribution in [-0.2, 0) is 9.59 Å². The maximum atomic E-state index is 13.6. The lowest BCUT2D eigenvalue weighted by atomic mass is 10.0. The molecule has 0 bridgehead atoms. The Bertz CT molecular complexity index is 1620. The molecule has 0 saturated carbocycles. The van der Waals surface area contributed by atoms with E-state index in [-0.39, 0.29) is 16.9 Å². The van der Waals surface area contributed by atoms with E-state index in [1.165, 1.54) is 17.3 Å². The van der Waals surface area contributed by atoms with E-state index in [1.54, 1.807) is 42.5 Å². The van der Waals surface area contributed by atoms with E-state index in [9.17, 15) is 14.4 Å². The predicted molar refractivity (Wildman–Crippen MR) is 179 cm³/mol. The third-order valence-electron chi connectivity index (χ3n) is 6.67. The summed E-state index contributed by atoms with van der Waals surface area (Å²) < 4.78 is 5.73. The number of carbonyl (C=O) groups is 3. The van der Waals surface area contributed by atoms with Crippen molar-refractivity contribution in [2.75, 3.05) is 17.2 Å². The second kappa shape index (κ2) is 15.6. The summed E-state index contributed by atoms with van der Waals surface area (Å²) in [5.41, 5.74) is 3.60. The van der Waals surface area contributed by atoms with Crippen LogP contribution >= 0.6 is 11.8 Å². The molecule has 1 atom stereocenters. The standard InChI is InChI=1S/C36H37N3O4S/c1-5-43-33-17-10-9-14-28(33)22-32(39-35(41)27-12-7-6-8-13-27)36(42)38-30-15-11-16-31(23-30)44-25(4)34(40)37-29-20-18-26(19-21-29)24(2)3/h6-25H,5H2,1-4H3,(H,37,40)(H,38,42)(H,39,41)/b32-22+. The van der Waals surface area contributed by atoms with Crippen LogP contribution in [0, 0.1) is 0 Å². The van der Waals surface area contributed by atoms with Gasteiger partial charge in [-0.15, -0.1) is 11.8 Å². The molecule has 0 aliphatic carbocycles. The molecule has 4 aromatic rings. The predicted octanol–water partition coefficient (Wildman–Crippen LogP) is 7.74. The van der Waals surface area contributed by atoms with Crippen molar-refractivity contribution in [1.29, 1.82) is 0 Å². The molecule has 44 heavy (non-hydrogen) atoms. The van der Waals surface area contributed by atoms with E-state index in [2.05, 4.69) is 29.8 Å². The van der Waals surface area contributed by atoms with Crippen LogP contribution in [0.3, 0.4) is 0 Å². The van der Waals surface area contributed by atoms with Gasteiger partial charge >= 0.3 is 0 Å². The quantitative estimate of drug-likeness (QED) is 0.113. The first kappa shape index (κ1) is 32.1. The highest BCUT2D eigenvalue weighted by molar-refractivity contribution is 8.00. The van der Waals surface area contributed by atoms with Crippen LogP contribution in [0.2, 0.25) is 0 Å². The average Bonchev–Trinajstić information content (AvgIpc) is 3.02. The van der Waals surface area contributed by atoms with Crippen molar-refractivity contribution in [3.63, 3.8) is 0 Å². The number of anilines is 2. The lowest BCUT2D eigenvalue weighted by molar-refractivity contribution is -0.115. The lowest BCUT2D eigenvalue weighted by Crippen LogP contribution is -2.30. The van der Waals surface area contributed by atoms with Gasteiger partial charge in [0.25, 0.3) is 11.8 Å². The summed E-state index contributed by atoms with van der Waals surface area (Å²) in [6, 6.07) is 31.1. The molecule has 8 heteroatoms. The van der Waals surface area contributed by atoms with Gasteiger partial charge in [0.1, 0.15) is 11.4 Å². The second-order valence-electron chi connectivity index (χ2n) is 10.4. The number of rotatable bonds is 12. The number of nitrogens with one attached hydrogen (secondary N) is 3. The molecule has 0 radical (unpaired) electrons. The summed E-state index contributed by atoms with van der Waals surface area (Å²) in [6.07, 6.45) is 1.60. The van der Waals surface area contributed by atoms with Crippen molar-refractivity contribution in [2.45, 2.75) is 43.8 Å². The molecule has 0 aromatic heterocycles. The first-order chi connectivity index (χ1) is 21.2. The van der Waals surface area contributed by atoms with Gasteiger partial charge in [0.2, 0.25) is 5.91 Å². The summed E-state index contributed by atoms with van der Waals surface area (Å²) in [5.74, 6) is -0.0267. The van der Waals surface area contributed by atoms with Crippen LogP contribution in [-0.4, -0.2) is 29.6 Å². The number of para-hydroxylation sites is 1. The van der Waals surface area contributed by atoms with Gasteiger partial charge in [-0.1, -0.05) is 68.4 Å². The van der Waals surface area contributed by atoms with Crippen molar-refractivity contribution < 1.29 is 19.1 Å². The van der Waals surface area contributed by atoms with Crippen LogP contribution in [0.5, 0.6) is 5.75 Å². The minimum atomic E-state index is -0.502. The van der Waals surface area contributed by atoms with Crippen molar-refractivity contribution in [3.05, 3.63) is 126 Å². The average molecular weight is 608 g/mol. The number of carbonyl (C=O) groups excluding carboxylic acids is 3. The molecule has 0 spiro atoms. The van der Waals surface area contributed by atoms with Gasteiger partial charge in [0, 0.05) is 27.4 Å². The fourth-order valence-electron chi connectivity index (χ4n) is 4.28. The molecule has 0 saturated heterocycles. The molecule has 4 rings (SSSR count). The number of ether oxygens (including phenoxy) is 1. The minimum Gasteiger partial charge on any atom is -0.493 e. The Morgan fingerprint density at radius 3 is 2.20 bits per heavy atom. The molecule has 3 N–H and O–H groups in total. The zero-order chi connectivity index (χ0) is 31.5. The molecule has 226 valence electrons. The molecule has 0 fully saturated rings. The third kappa shape index (κ3) is 9.09. The van der Waals surface area contributed by atoms with Crippen LogP contribution < -0.4 is 20.7 Å². The molecule has 0 heterocycles. The molecule has 7 nitrogen and oxygen atoms in total. The number of thioether (sulfide) groups is 1. The first-order valence-corrected chi connectivity index (χ1v) is 15.4. The normalized spacial score (nSPS) is 11.9. The number of hydrogen-bond donors (Lipinski definition) is 3. The van der Waals surface area contributed by atoms with Gasteiger partial charge in [-0.3, -0.25) is 14.4 Å². The second-order valence-corrected chi connectivity index (χ2v) is 11.8. The van der Waals surface area contributed by atoms with Crippen LogP contribution in [0.1, 0.15) is 55.1 Å². The summed E-state index contributed by atoms with van der Waals surface area (Å²) in [5, 5.41) is 8.24. The van der Waals surface area contributed by atoms with Crippen molar-refractivity contribution >= 4 is 46.9 Å². The first-order valence-electron chi connectivity index (χ1n) is 14.5. The summed E-state index contributed by atoms with van der Waals surface area (Å²) in [7, 11) is 0. The van der Waals surface area contributed by atoms with Gasteiger partial charge in [0.05, 0.1) is 11.9 Å². The van der Waals surface area contributed by atoms with Gasteiger partial charge < -0.3 is 20.7 Å². The van der Waals surface area contributed by atoms with Gasteiger partial charge in [-0.2, -0.15) is 0 Å². The maximum Gasteiger partial charge on any atom is 0.272 e. The zero-order valence-corrected chi connectivity index (χ0v) is 26.1. The number of hydrogen-bond acceptors (Lipinski definition) is 5. The fraction of sp³-hybridized carbons (Fsp3) is 0.194. The highest BCUT2D eigenvalue weighted by atomic mass is 32.2. The largest absolute Gasteiger partial charge is 0.493 e. The molecule has 4 aromatic carbocycles. The molecule has 0 aliphatic heterocycles. The van der Waals surface area contributed by atoms with Crippen LogP contribution in [0.15, 0.2) is 114 Å². The van der Waals surface area contributed by atoms with Gasteiger partial charge in [-0.25, -0.2) is 0 Å². The van der Waals surface area contributed by atoms with E-state index >= 15 is 0 Å². The Morgan fingerprint density at radius 2 is 1.50 bits per heavy atom. The van der Waals surface area contributed by atoms with Crippen molar-refractivity contribution in [2.24, 2.45) is 0 Å². The van der Waals surface area contributed by atoms with E-state index in [0.29, 0.717) is 35.1 Å². The fourth-order valence-corrected chi connectivity index (χ4v) is 5.21. The number of benzene rings is 4. The Morgan fingerprint density at radius 1 is 0.795 bits per heavy atom. The molecular weight excluding hydrogens is 570 g/mol. The monoisotopic (exact) mass is 607 g/mol. The highest BCUT2D eigenvalue weighted by Crippen LogP contribution is 2.28. The Balaban J connectivity index is 1.49. The third-order valence-corrected chi connectivity index (χ3v) is 7.76. The van der Waals surface area contributed by atoms with Gasteiger partial charge in [0.15, 0.2) is 0 Å². The van der Waals surface area contributed by atoms with Crippen molar-refractivity contribution in [3.8, 4) is 5.75 Å².